The first kappa shape index (κ1) is 23.6. The van der Waals surface area contributed by atoms with Gasteiger partial charge in [0.1, 0.15) is 11.4 Å². The second-order valence-corrected chi connectivity index (χ2v) is 8.61. The van der Waals surface area contributed by atoms with Gasteiger partial charge < -0.3 is 24.7 Å². The number of nitrogens with one attached hydrogen (secondary N) is 2. The fourth-order valence-electron chi connectivity index (χ4n) is 4.47. The number of hydrogen-bond acceptors (Lipinski definition) is 6. The number of amides is 1. The highest BCUT2D eigenvalue weighted by Crippen LogP contribution is 2.31. The summed E-state index contributed by atoms with van der Waals surface area (Å²) in [4.78, 5) is 33.1. The highest BCUT2D eigenvalue weighted by atomic mass is 16.5. The van der Waals surface area contributed by atoms with Crippen molar-refractivity contribution in [3.8, 4) is 5.75 Å². The number of anilines is 2. The average molecular weight is 465 g/mol. The second kappa shape index (κ2) is 10.2. The van der Waals surface area contributed by atoms with E-state index >= 15 is 0 Å². The molecule has 2 aromatic carbocycles. The number of methoxy groups -OCH3 is 1. The van der Waals surface area contributed by atoms with Crippen molar-refractivity contribution in [2.24, 2.45) is 0 Å². The molecule has 1 aliphatic rings. The van der Waals surface area contributed by atoms with Gasteiger partial charge in [-0.05, 0) is 50.6 Å². The maximum Gasteiger partial charge on any atom is 0.356 e. The quantitative estimate of drug-likeness (QED) is 0.518. The molecule has 0 radical (unpaired) electrons. The molecule has 180 valence electrons. The van der Waals surface area contributed by atoms with Crippen LogP contribution in [0.5, 0.6) is 5.75 Å². The molecule has 0 saturated carbocycles. The predicted octanol–water partition coefficient (Wildman–Crippen LogP) is 3.73. The molecule has 4 rings (SSSR count). The van der Waals surface area contributed by atoms with Crippen molar-refractivity contribution in [1.82, 2.24) is 9.88 Å². The van der Waals surface area contributed by atoms with Crippen LogP contribution in [0.15, 0.2) is 36.4 Å². The number of carbonyl (C=O) groups is 2. The molecular formula is C26H32N4O4. The lowest BCUT2D eigenvalue weighted by molar-refractivity contribution is -0.117. The molecule has 0 bridgehead atoms. The zero-order valence-corrected chi connectivity index (χ0v) is 20.2. The SMILES string of the molecule is CCOC(=O)c1[nH]c2ccc(OC)cc2c1NC(=O)CN1CCN(c2ccc(C)cc2C)CC1. The molecule has 0 unspecified atom stereocenters. The van der Waals surface area contributed by atoms with Gasteiger partial charge in [0.05, 0.1) is 25.9 Å². The number of piperazine rings is 1. The van der Waals surface area contributed by atoms with Crippen LogP contribution in [-0.4, -0.2) is 68.2 Å². The minimum absolute atomic E-state index is 0.172. The van der Waals surface area contributed by atoms with Crippen LogP contribution >= 0.6 is 0 Å². The summed E-state index contributed by atoms with van der Waals surface area (Å²) in [5.41, 5.74) is 5.16. The molecule has 34 heavy (non-hydrogen) atoms. The molecule has 8 heteroatoms. The van der Waals surface area contributed by atoms with E-state index in [0.717, 1.165) is 31.7 Å². The van der Waals surface area contributed by atoms with E-state index in [4.69, 9.17) is 9.47 Å². The van der Waals surface area contributed by atoms with Crippen LogP contribution in [0.4, 0.5) is 11.4 Å². The van der Waals surface area contributed by atoms with Gasteiger partial charge in [0, 0.05) is 42.8 Å². The minimum Gasteiger partial charge on any atom is -0.497 e. The first-order chi connectivity index (χ1) is 16.4. The second-order valence-electron chi connectivity index (χ2n) is 8.61. The molecule has 1 aliphatic heterocycles. The topological polar surface area (TPSA) is 86.9 Å². The minimum atomic E-state index is -0.505. The van der Waals surface area contributed by atoms with Crippen molar-refractivity contribution in [3.05, 3.63) is 53.2 Å². The summed E-state index contributed by atoms with van der Waals surface area (Å²) in [6.45, 7) is 9.77. The highest BCUT2D eigenvalue weighted by Gasteiger charge is 2.24. The summed E-state index contributed by atoms with van der Waals surface area (Å²) < 4.78 is 10.5. The zero-order valence-electron chi connectivity index (χ0n) is 20.2. The molecule has 1 aromatic heterocycles. The molecule has 2 N–H and O–H groups in total. The third-order valence-corrected chi connectivity index (χ3v) is 6.18. The van der Waals surface area contributed by atoms with Crippen molar-refractivity contribution in [1.29, 1.82) is 0 Å². The van der Waals surface area contributed by atoms with Crippen LogP contribution in [0.25, 0.3) is 10.9 Å². The summed E-state index contributed by atoms with van der Waals surface area (Å²) in [5, 5.41) is 3.65. The van der Waals surface area contributed by atoms with Crippen molar-refractivity contribution in [3.63, 3.8) is 0 Å². The molecule has 0 spiro atoms. The summed E-state index contributed by atoms with van der Waals surface area (Å²) >= 11 is 0. The van der Waals surface area contributed by atoms with E-state index in [1.165, 1.54) is 16.8 Å². The summed E-state index contributed by atoms with van der Waals surface area (Å²) in [6.07, 6.45) is 0. The normalized spacial score (nSPS) is 14.3. The molecule has 0 atom stereocenters. The van der Waals surface area contributed by atoms with Gasteiger partial charge in [-0.25, -0.2) is 4.79 Å². The Morgan fingerprint density at radius 3 is 2.50 bits per heavy atom. The Morgan fingerprint density at radius 1 is 1.06 bits per heavy atom. The van der Waals surface area contributed by atoms with Crippen molar-refractivity contribution in [2.45, 2.75) is 20.8 Å². The molecule has 1 fully saturated rings. The van der Waals surface area contributed by atoms with E-state index in [1.807, 2.05) is 6.07 Å². The molecular weight excluding hydrogens is 432 g/mol. The summed E-state index contributed by atoms with van der Waals surface area (Å²) in [7, 11) is 1.58. The Morgan fingerprint density at radius 2 is 1.82 bits per heavy atom. The lowest BCUT2D eigenvalue weighted by atomic mass is 10.1. The van der Waals surface area contributed by atoms with Gasteiger partial charge in [0.15, 0.2) is 0 Å². The number of nitrogens with zero attached hydrogens (tertiary/aromatic N) is 2. The number of H-pyrrole nitrogens is 1. The molecule has 0 aliphatic carbocycles. The summed E-state index contributed by atoms with van der Waals surface area (Å²) in [5.74, 6) is -0.0378. The average Bonchev–Trinajstić information content (AvgIpc) is 3.17. The maximum absolute atomic E-state index is 13.0. The fourth-order valence-corrected chi connectivity index (χ4v) is 4.47. The van der Waals surface area contributed by atoms with Crippen LogP contribution in [0, 0.1) is 13.8 Å². The number of esters is 1. The van der Waals surface area contributed by atoms with Gasteiger partial charge in [-0.1, -0.05) is 17.7 Å². The third kappa shape index (κ3) is 5.02. The van der Waals surface area contributed by atoms with Crippen molar-refractivity contribution < 1.29 is 19.1 Å². The van der Waals surface area contributed by atoms with Crippen LogP contribution in [-0.2, 0) is 9.53 Å². The lowest BCUT2D eigenvalue weighted by Gasteiger charge is -2.36. The zero-order chi connectivity index (χ0) is 24.2. The van der Waals surface area contributed by atoms with Gasteiger partial charge in [-0.2, -0.15) is 0 Å². The highest BCUT2D eigenvalue weighted by molar-refractivity contribution is 6.11. The lowest BCUT2D eigenvalue weighted by Crippen LogP contribution is -2.48. The van der Waals surface area contributed by atoms with E-state index in [-0.39, 0.29) is 24.8 Å². The third-order valence-electron chi connectivity index (χ3n) is 6.18. The monoisotopic (exact) mass is 464 g/mol. The number of carbonyl (C=O) groups excluding carboxylic acids is 2. The summed E-state index contributed by atoms with van der Waals surface area (Å²) in [6, 6.07) is 11.9. The van der Waals surface area contributed by atoms with E-state index in [9.17, 15) is 9.59 Å². The maximum atomic E-state index is 13.0. The van der Waals surface area contributed by atoms with Crippen LogP contribution < -0.4 is 15.0 Å². The van der Waals surface area contributed by atoms with Gasteiger partial charge >= 0.3 is 5.97 Å². The van der Waals surface area contributed by atoms with E-state index in [1.54, 1.807) is 26.2 Å². The van der Waals surface area contributed by atoms with E-state index in [0.29, 0.717) is 16.8 Å². The Balaban J connectivity index is 1.45. The fraction of sp³-hybridized carbons (Fsp3) is 0.385. The van der Waals surface area contributed by atoms with Crippen molar-refractivity contribution in [2.75, 3.05) is 56.7 Å². The number of rotatable bonds is 7. The van der Waals surface area contributed by atoms with Crippen molar-refractivity contribution >= 4 is 34.2 Å². The Bertz CT molecular complexity index is 1190. The molecule has 8 nitrogen and oxygen atoms in total. The van der Waals surface area contributed by atoms with Crippen LogP contribution in [0.1, 0.15) is 28.5 Å². The smallest absolute Gasteiger partial charge is 0.356 e. The number of hydrogen-bond donors (Lipinski definition) is 2. The predicted molar refractivity (Wildman–Crippen MR) is 134 cm³/mol. The first-order valence-corrected chi connectivity index (χ1v) is 11.6. The Labute approximate surface area is 199 Å². The van der Waals surface area contributed by atoms with Gasteiger partial charge in [-0.15, -0.1) is 0 Å². The number of aryl methyl sites for hydroxylation is 2. The number of ether oxygens (including phenoxy) is 2. The van der Waals surface area contributed by atoms with Crippen LogP contribution in [0.3, 0.4) is 0 Å². The van der Waals surface area contributed by atoms with Crippen LogP contribution in [0.2, 0.25) is 0 Å². The van der Waals surface area contributed by atoms with Gasteiger partial charge in [0.2, 0.25) is 5.91 Å². The number of benzene rings is 2. The molecule has 1 amide bonds. The number of aromatic nitrogens is 1. The molecule has 3 aromatic rings. The van der Waals surface area contributed by atoms with E-state index < -0.39 is 5.97 Å². The van der Waals surface area contributed by atoms with E-state index in [2.05, 4.69) is 52.1 Å². The van der Waals surface area contributed by atoms with Gasteiger partial charge in [-0.3, -0.25) is 9.69 Å². The molecule has 1 saturated heterocycles. The van der Waals surface area contributed by atoms with Gasteiger partial charge in [0.25, 0.3) is 0 Å². The Kier molecular flexibility index (Phi) is 7.07. The number of fused-ring (bicyclic) bond motifs is 1. The largest absolute Gasteiger partial charge is 0.497 e. The standard InChI is InChI=1S/C26H32N4O4/c1-5-34-26(32)25-24(20-15-19(33-4)7-8-21(20)27-25)28-23(31)16-29-10-12-30(13-11-29)22-9-6-17(2)14-18(22)3/h6-9,14-15,27H,5,10-13,16H2,1-4H3,(H,28,31). The first-order valence-electron chi connectivity index (χ1n) is 11.6. The Hall–Kier alpha value is -3.52. The molecule has 2 heterocycles. The number of aromatic amines is 1.